The number of nitrogens with zero attached hydrogens (tertiary/aromatic N) is 2. The molecule has 3 amide bonds. The Morgan fingerprint density at radius 3 is 2.09 bits per heavy atom. The van der Waals surface area contributed by atoms with Gasteiger partial charge in [0.25, 0.3) is 17.7 Å². The number of carbonyl (C=O) groups is 4. The summed E-state index contributed by atoms with van der Waals surface area (Å²) in [4.78, 5) is 50.3. The smallest absolute Gasteiger partial charge is 0.261 e. The molecule has 0 atom stereocenters. The molecule has 1 heterocycles. The molecule has 6 nitrogen and oxygen atoms in total. The molecule has 0 N–H and O–H groups in total. The Bertz CT molecular complexity index is 701. The molecule has 1 aromatic rings. The summed E-state index contributed by atoms with van der Waals surface area (Å²) in [6, 6.07) is 2.66. The summed E-state index contributed by atoms with van der Waals surface area (Å²) < 4.78 is 0. The molecule has 1 aliphatic heterocycles. The molecule has 0 saturated heterocycles. The predicted molar refractivity (Wildman–Crippen MR) is 80.1 cm³/mol. The van der Waals surface area contributed by atoms with Crippen LogP contribution in [0.1, 0.15) is 62.2 Å². The van der Waals surface area contributed by atoms with Crippen LogP contribution in [0.4, 0.5) is 0 Å². The minimum Gasteiger partial charge on any atom is -0.337 e. The Kier molecular flexibility index (Phi) is 3.64. The fourth-order valence-electron chi connectivity index (χ4n) is 2.19. The molecule has 1 aliphatic rings. The fraction of sp³-hybridized carbons (Fsp3) is 0.375. The van der Waals surface area contributed by atoms with E-state index in [9.17, 15) is 19.2 Å². The zero-order valence-electron chi connectivity index (χ0n) is 13.3. The van der Waals surface area contributed by atoms with Crippen LogP contribution in [-0.2, 0) is 0 Å². The highest BCUT2D eigenvalue weighted by molar-refractivity contribution is 6.22. The van der Waals surface area contributed by atoms with Gasteiger partial charge in [0.1, 0.15) is 0 Å². The van der Waals surface area contributed by atoms with E-state index in [2.05, 4.69) is 0 Å². The molecule has 0 spiro atoms. The lowest BCUT2D eigenvalue weighted by molar-refractivity contribution is 0.0651. The highest BCUT2D eigenvalue weighted by atomic mass is 16.2. The number of amides is 3. The average molecular weight is 302 g/mol. The van der Waals surface area contributed by atoms with Crippen LogP contribution in [0.3, 0.4) is 0 Å². The number of benzene rings is 1. The summed E-state index contributed by atoms with van der Waals surface area (Å²) in [6.07, 6.45) is 0.528. The van der Waals surface area contributed by atoms with Gasteiger partial charge in [-0.2, -0.15) is 0 Å². The van der Waals surface area contributed by atoms with E-state index in [4.69, 9.17) is 0 Å². The van der Waals surface area contributed by atoms with Gasteiger partial charge in [0.15, 0.2) is 6.29 Å². The summed E-state index contributed by atoms with van der Waals surface area (Å²) in [6.45, 7) is 5.59. The van der Waals surface area contributed by atoms with Crippen LogP contribution < -0.4 is 0 Å². The van der Waals surface area contributed by atoms with E-state index in [1.165, 1.54) is 24.1 Å². The van der Waals surface area contributed by atoms with Crippen molar-refractivity contribution in [2.75, 3.05) is 14.1 Å². The quantitative estimate of drug-likeness (QED) is 0.614. The molecule has 0 bridgehead atoms. The third kappa shape index (κ3) is 2.30. The second kappa shape index (κ2) is 5.05. The van der Waals surface area contributed by atoms with Crippen LogP contribution in [0, 0.1) is 0 Å². The van der Waals surface area contributed by atoms with E-state index >= 15 is 0 Å². The van der Waals surface area contributed by atoms with Crippen LogP contribution in [0.25, 0.3) is 0 Å². The molecule has 0 fully saturated rings. The molecule has 0 aromatic heterocycles. The molecule has 0 saturated carbocycles. The highest BCUT2D eigenvalue weighted by Crippen LogP contribution is 2.26. The monoisotopic (exact) mass is 302 g/mol. The van der Waals surface area contributed by atoms with Crippen molar-refractivity contribution >= 4 is 24.0 Å². The molecule has 6 heteroatoms. The molecular formula is C16H18N2O4. The number of hydrogen-bond acceptors (Lipinski definition) is 4. The first kappa shape index (κ1) is 15.9. The second-order valence-corrected chi connectivity index (χ2v) is 6.31. The number of rotatable bonds is 2. The van der Waals surface area contributed by atoms with Crippen molar-refractivity contribution in [3.05, 3.63) is 34.4 Å². The van der Waals surface area contributed by atoms with Crippen molar-refractivity contribution in [3.8, 4) is 0 Å². The number of carbonyl (C=O) groups excluding carboxylic acids is 4. The van der Waals surface area contributed by atoms with Crippen molar-refractivity contribution in [2.45, 2.75) is 26.3 Å². The van der Waals surface area contributed by atoms with Gasteiger partial charge in [-0.15, -0.1) is 0 Å². The molecule has 22 heavy (non-hydrogen) atoms. The van der Waals surface area contributed by atoms with Crippen LogP contribution >= 0.6 is 0 Å². The van der Waals surface area contributed by atoms with Gasteiger partial charge in [0, 0.05) is 25.2 Å². The molecular weight excluding hydrogens is 284 g/mol. The topological polar surface area (TPSA) is 74.8 Å². The molecule has 2 rings (SSSR count). The lowest BCUT2D eigenvalue weighted by Crippen LogP contribution is -2.42. The van der Waals surface area contributed by atoms with E-state index in [0.29, 0.717) is 6.29 Å². The largest absolute Gasteiger partial charge is 0.337 e. The zero-order valence-corrected chi connectivity index (χ0v) is 13.3. The summed E-state index contributed by atoms with van der Waals surface area (Å²) in [5.41, 5.74) is 0.111. The van der Waals surface area contributed by atoms with Gasteiger partial charge in [-0.25, -0.2) is 0 Å². The van der Waals surface area contributed by atoms with Gasteiger partial charge in [-0.3, -0.25) is 24.1 Å². The normalized spacial score (nSPS) is 14.1. The number of hydrogen-bond donors (Lipinski definition) is 0. The minimum atomic E-state index is -0.468. The molecule has 116 valence electrons. The minimum absolute atomic E-state index is 0.108. The van der Waals surface area contributed by atoms with Gasteiger partial charge in [0.05, 0.1) is 16.7 Å². The third-order valence-electron chi connectivity index (χ3n) is 3.93. The number of fused-ring (bicyclic) bond motifs is 1. The summed E-state index contributed by atoms with van der Waals surface area (Å²) >= 11 is 0. The Balaban J connectivity index is 2.60. The average Bonchev–Trinajstić information content (AvgIpc) is 2.68. The first-order chi connectivity index (χ1) is 10.1. The second-order valence-electron chi connectivity index (χ2n) is 6.31. The first-order valence-corrected chi connectivity index (χ1v) is 6.83. The van der Waals surface area contributed by atoms with Gasteiger partial charge in [-0.05, 0) is 32.9 Å². The van der Waals surface area contributed by atoms with Gasteiger partial charge < -0.3 is 4.90 Å². The van der Waals surface area contributed by atoms with Crippen LogP contribution in [0.15, 0.2) is 12.1 Å². The van der Waals surface area contributed by atoms with Crippen molar-refractivity contribution in [1.29, 1.82) is 0 Å². The van der Waals surface area contributed by atoms with Crippen LogP contribution in [0.5, 0.6) is 0 Å². The Labute approximate surface area is 128 Å². The maximum absolute atomic E-state index is 12.6. The molecule has 0 unspecified atom stereocenters. The Morgan fingerprint density at radius 1 is 1.14 bits per heavy atom. The lowest BCUT2D eigenvalue weighted by atomic mass is 9.97. The standard InChI is InChI=1S/C16H18N2O4/c1-16(2,3)18(5)15(22)10-7-12-11(6-9(10)8-19)13(20)17(4)14(12)21/h6-8H,1-5H3. The van der Waals surface area contributed by atoms with Crippen LogP contribution in [-0.4, -0.2) is 53.4 Å². The maximum atomic E-state index is 12.6. The molecule has 0 aliphatic carbocycles. The van der Waals surface area contributed by atoms with Gasteiger partial charge in [-0.1, -0.05) is 0 Å². The van der Waals surface area contributed by atoms with Crippen molar-refractivity contribution < 1.29 is 19.2 Å². The summed E-state index contributed by atoms with van der Waals surface area (Å²) in [7, 11) is 3.00. The number of aldehydes is 1. The van der Waals surface area contributed by atoms with Gasteiger partial charge in [0.2, 0.25) is 0 Å². The van der Waals surface area contributed by atoms with E-state index < -0.39 is 17.4 Å². The van der Waals surface area contributed by atoms with Gasteiger partial charge >= 0.3 is 0 Å². The lowest BCUT2D eigenvalue weighted by Gasteiger charge is -2.32. The summed E-state index contributed by atoms with van der Waals surface area (Å²) in [5, 5.41) is 0. The molecule has 0 radical (unpaired) electrons. The SMILES string of the molecule is CN1C(=O)c2cc(C=O)c(C(=O)N(C)C(C)(C)C)cc2C1=O. The van der Waals surface area contributed by atoms with E-state index in [1.807, 2.05) is 20.8 Å². The van der Waals surface area contributed by atoms with Crippen LogP contribution in [0.2, 0.25) is 0 Å². The van der Waals surface area contributed by atoms with Crippen molar-refractivity contribution in [3.63, 3.8) is 0 Å². The van der Waals surface area contributed by atoms with E-state index in [1.54, 1.807) is 7.05 Å². The number of imide groups is 1. The first-order valence-electron chi connectivity index (χ1n) is 6.83. The Hall–Kier alpha value is -2.50. The third-order valence-corrected chi connectivity index (χ3v) is 3.93. The van der Waals surface area contributed by atoms with E-state index in [-0.39, 0.29) is 28.2 Å². The Morgan fingerprint density at radius 2 is 1.64 bits per heavy atom. The highest BCUT2D eigenvalue weighted by Gasteiger charge is 2.35. The van der Waals surface area contributed by atoms with E-state index in [0.717, 1.165) is 4.90 Å². The van der Waals surface area contributed by atoms with Crippen molar-refractivity contribution in [1.82, 2.24) is 9.80 Å². The zero-order chi connectivity index (χ0) is 16.8. The fourth-order valence-corrected chi connectivity index (χ4v) is 2.19. The summed E-state index contributed by atoms with van der Waals surface area (Å²) in [5.74, 6) is -1.30. The van der Waals surface area contributed by atoms with Crippen molar-refractivity contribution in [2.24, 2.45) is 0 Å². The predicted octanol–water partition coefficient (Wildman–Crippen LogP) is 1.60. The molecule has 1 aromatic carbocycles. The maximum Gasteiger partial charge on any atom is 0.261 e.